The first-order chi connectivity index (χ1) is 13.2. The molecule has 0 unspecified atom stereocenters. The van der Waals surface area contributed by atoms with Gasteiger partial charge in [0.15, 0.2) is 0 Å². The molecule has 28 heavy (non-hydrogen) atoms. The van der Waals surface area contributed by atoms with Crippen LogP contribution in [-0.4, -0.2) is 36.1 Å². The summed E-state index contributed by atoms with van der Waals surface area (Å²) >= 11 is 1.40. The molecule has 0 aliphatic rings. The topological polar surface area (TPSA) is 72.3 Å². The van der Waals surface area contributed by atoms with Gasteiger partial charge in [0.1, 0.15) is 5.69 Å². The van der Waals surface area contributed by atoms with Gasteiger partial charge >= 0.3 is 0 Å². The number of carbonyl (C=O) groups is 1. The van der Waals surface area contributed by atoms with Crippen LogP contribution in [0.5, 0.6) is 0 Å². The quantitative estimate of drug-likeness (QED) is 0.615. The van der Waals surface area contributed by atoms with Crippen LogP contribution < -0.4 is 4.31 Å². The molecule has 8 heteroatoms. The number of thioether (sulfide) groups is 1. The molecule has 0 aliphatic carbocycles. The standard InChI is InChI=1S/C20H23N3O3S2/c1-14-20(15(2)22(3)21-14)23(28(4,25)26)19(24)13-27-12-17-10-7-9-16-8-5-6-11-18(16)17/h5-11H,12-13H2,1-4H3. The van der Waals surface area contributed by atoms with Crippen molar-refractivity contribution in [3.8, 4) is 0 Å². The molecule has 0 spiro atoms. The molecular formula is C20H23N3O3S2. The fourth-order valence-corrected chi connectivity index (χ4v) is 5.25. The van der Waals surface area contributed by atoms with Gasteiger partial charge in [0, 0.05) is 12.8 Å². The molecule has 2 aromatic carbocycles. The van der Waals surface area contributed by atoms with Gasteiger partial charge in [-0.3, -0.25) is 9.48 Å². The van der Waals surface area contributed by atoms with Gasteiger partial charge in [-0.15, -0.1) is 11.8 Å². The normalized spacial score (nSPS) is 11.7. The second-order valence-corrected chi connectivity index (χ2v) is 9.51. The predicted octanol–water partition coefficient (Wildman–Crippen LogP) is 3.42. The molecule has 0 radical (unpaired) electrons. The zero-order chi connectivity index (χ0) is 20.5. The van der Waals surface area contributed by atoms with E-state index in [0.29, 0.717) is 22.8 Å². The smallest absolute Gasteiger partial charge is 0.250 e. The first-order valence-electron chi connectivity index (χ1n) is 8.78. The largest absolute Gasteiger partial charge is 0.272 e. The second-order valence-electron chi connectivity index (χ2n) is 6.70. The van der Waals surface area contributed by atoms with Crippen LogP contribution in [0.15, 0.2) is 42.5 Å². The van der Waals surface area contributed by atoms with Gasteiger partial charge in [0.25, 0.3) is 5.91 Å². The Kier molecular flexibility index (Phi) is 5.81. The Morgan fingerprint density at radius 2 is 1.82 bits per heavy atom. The lowest BCUT2D eigenvalue weighted by atomic mass is 10.1. The van der Waals surface area contributed by atoms with Crippen LogP contribution in [-0.2, 0) is 27.6 Å². The highest BCUT2D eigenvalue weighted by atomic mass is 32.2. The lowest BCUT2D eigenvalue weighted by Crippen LogP contribution is -2.38. The number of benzene rings is 2. The van der Waals surface area contributed by atoms with Crippen molar-refractivity contribution in [2.75, 3.05) is 16.3 Å². The summed E-state index contributed by atoms with van der Waals surface area (Å²) in [5.74, 6) is 0.215. The van der Waals surface area contributed by atoms with E-state index < -0.39 is 15.9 Å². The molecule has 1 aromatic heterocycles. The van der Waals surface area contributed by atoms with Crippen LogP contribution in [0.1, 0.15) is 17.0 Å². The van der Waals surface area contributed by atoms with Crippen molar-refractivity contribution in [3.05, 3.63) is 59.4 Å². The van der Waals surface area contributed by atoms with Gasteiger partial charge in [0.2, 0.25) is 10.0 Å². The number of hydrogen-bond donors (Lipinski definition) is 0. The van der Waals surface area contributed by atoms with Gasteiger partial charge in [-0.05, 0) is 30.2 Å². The summed E-state index contributed by atoms with van der Waals surface area (Å²) in [6.45, 7) is 3.46. The fraction of sp³-hybridized carbons (Fsp3) is 0.300. The summed E-state index contributed by atoms with van der Waals surface area (Å²) in [6, 6.07) is 14.2. The van der Waals surface area contributed by atoms with E-state index in [1.54, 1.807) is 25.6 Å². The molecule has 148 valence electrons. The number of anilines is 1. The number of fused-ring (bicyclic) bond motifs is 1. The fourth-order valence-electron chi connectivity index (χ4n) is 3.26. The van der Waals surface area contributed by atoms with Crippen LogP contribution in [0.25, 0.3) is 10.8 Å². The summed E-state index contributed by atoms with van der Waals surface area (Å²) < 4.78 is 27.2. The van der Waals surface area contributed by atoms with Crippen molar-refractivity contribution in [1.29, 1.82) is 0 Å². The minimum absolute atomic E-state index is 0.0596. The van der Waals surface area contributed by atoms with Crippen molar-refractivity contribution < 1.29 is 13.2 Å². The Morgan fingerprint density at radius 3 is 2.46 bits per heavy atom. The van der Waals surface area contributed by atoms with E-state index in [9.17, 15) is 13.2 Å². The van der Waals surface area contributed by atoms with Crippen LogP contribution in [0, 0.1) is 13.8 Å². The van der Waals surface area contributed by atoms with Crippen molar-refractivity contribution in [2.45, 2.75) is 19.6 Å². The summed E-state index contributed by atoms with van der Waals surface area (Å²) in [6.07, 6.45) is 1.05. The van der Waals surface area contributed by atoms with Gasteiger partial charge in [-0.25, -0.2) is 12.7 Å². The Balaban J connectivity index is 1.80. The molecule has 3 rings (SSSR count). The molecule has 0 saturated heterocycles. The number of aromatic nitrogens is 2. The van der Waals surface area contributed by atoms with Crippen molar-refractivity contribution in [2.24, 2.45) is 7.05 Å². The average Bonchev–Trinajstić information content (AvgIpc) is 2.87. The van der Waals surface area contributed by atoms with Gasteiger partial charge < -0.3 is 0 Å². The SMILES string of the molecule is Cc1nn(C)c(C)c1N(C(=O)CSCc1cccc2ccccc12)S(C)(=O)=O. The maximum atomic E-state index is 12.8. The monoisotopic (exact) mass is 417 g/mol. The van der Waals surface area contributed by atoms with Gasteiger partial charge in [0.05, 0.1) is 23.4 Å². The van der Waals surface area contributed by atoms with Gasteiger partial charge in [-0.1, -0.05) is 42.5 Å². The first-order valence-corrected chi connectivity index (χ1v) is 11.8. The number of hydrogen-bond acceptors (Lipinski definition) is 5. The van der Waals surface area contributed by atoms with Crippen LogP contribution in [0.2, 0.25) is 0 Å². The third-order valence-corrected chi connectivity index (χ3v) is 6.61. The molecule has 0 N–H and O–H groups in total. The Morgan fingerprint density at radius 1 is 1.14 bits per heavy atom. The highest BCUT2D eigenvalue weighted by molar-refractivity contribution is 7.99. The number of carbonyl (C=O) groups excluding carboxylic acids is 1. The first kappa shape index (κ1) is 20.4. The van der Waals surface area contributed by atoms with Crippen LogP contribution >= 0.6 is 11.8 Å². The highest BCUT2D eigenvalue weighted by Gasteiger charge is 2.30. The number of nitrogens with zero attached hydrogens (tertiary/aromatic N) is 3. The Labute approximate surface area is 169 Å². The third-order valence-electron chi connectivity index (χ3n) is 4.60. The lowest BCUT2D eigenvalue weighted by Gasteiger charge is -2.20. The zero-order valence-electron chi connectivity index (χ0n) is 16.3. The molecule has 0 aliphatic heterocycles. The predicted molar refractivity (Wildman–Crippen MR) is 115 cm³/mol. The molecule has 1 amide bonds. The van der Waals surface area contributed by atoms with Crippen molar-refractivity contribution in [3.63, 3.8) is 0 Å². The third kappa shape index (κ3) is 4.07. The van der Waals surface area contributed by atoms with E-state index in [1.807, 2.05) is 36.4 Å². The van der Waals surface area contributed by atoms with Crippen molar-refractivity contribution >= 4 is 44.2 Å². The number of rotatable bonds is 6. The minimum Gasteiger partial charge on any atom is -0.272 e. The van der Waals surface area contributed by atoms with E-state index in [1.165, 1.54) is 11.8 Å². The molecule has 3 aromatic rings. The second kappa shape index (κ2) is 7.97. The number of amides is 1. The maximum Gasteiger partial charge on any atom is 0.250 e. The van der Waals surface area contributed by atoms with E-state index in [2.05, 4.69) is 11.2 Å². The lowest BCUT2D eigenvalue weighted by molar-refractivity contribution is -0.115. The molecule has 0 atom stereocenters. The van der Waals surface area contributed by atoms with E-state index in [-0.39, 0.29) is 5.75 Å². The van der Waals surface area contributed by atoms with Crippen LogP contribution in [0.4, 0.5) is 5.69 Å². The Bertz CT molecular complexity index is 1130. The number of aryl methyl sites for hydroxylation is 2. The number of sulfonamides is 1. The molecule has 6 nitrogen and oxygen atoms in total. The molecule has 0 fully saturated rings. The summed E-state index contributed by atoms with van der Waals surface area (Å²) in [7, 11) is -2.03. The molecule has 1 heterocycles. The molecule has 0 saturated carbocycles. The summed E-state index contributed by atoms with van der Waals surface area (Å²) in [5.41, 5.74) is 2.62. The molecular weight excluding hydrogens is 394 g/mol. The Hall–Kier alpha value is -2.32. The zero-order valence-corrected chi connectivity index (χ0v) is 18.0. The highest BCUT2D eigenvalue weighted by Crippen LogP contribution is 2.28. The van der Waals surface area contributed by atoms with Gasteiger partial charge in [-0.2, -0.15) is 5.10 Å². The minimum atomic E-state index is -3.76. The van der Waals surface area contributed by atoms with E-state index in [4.69, 9.17) is 0 Å². The van der Waals surface area contributed by atoms with E-state index in [0.717, 1.165) is 26.9 Å². The van der Waals surface area contributed by atoms with Crippen molar-refractivity contribution in [1.82, 2.24) is 9.78 Å². The maximum absolute atomic E-state index is 12.8. The average molecular weight is 418 g/mol. The van der Waals surface area contributed by atoms with E-state index >= 15 is 0 Å². The van der Waals surface area contributed by atoms with Crippen LogP contribution in [0.3, 0.4) is 0 Å². The molecule has 0 bridgehead atoms. The summed E-state index contributed by atoms with van der Waals surface area (Å²) in [5, 5.41) is 6.53. The summed E-state index contributed by atoms with van der Waals surface area (Å²) in [4.78, 5) is 12.8.